The number of amides is 3. The lowest BCUT2D eigenvalue weighted by Crippen LogP contribution is -2.43. The van der Waals surface area contributed by atoms with Gasteiger partial charge in [-0.1, -0.05) is 18.2 Å². The maximum absolute atomic E-state index is 12.4. The van der Waals surface area contributed by atoms with Crippen LogP contribution in [0.2, 0.25) is 0 Å². The van der Waals surface area contributed by atoms with E-state index in [1.807, 2.05) is 46.7 Å². The summed E-state index contributed by atoms with van der Waals surface area (Å²) < 4.78 is 0. The number of urea groups is 1. The van der Waals surface area contributed by atoms with E-state index in [2.05, 4.69) is 10.6 Å². The predicted molar refractivity (Wildman–Crippen MR) is 99.9 cm³/mol. The van der Waals surface area contributed by atoms with Crippen LogP contribution in [0.1, 0.15) is 39.6 Å². The topological polar surface area (TPSA) is 61.4 Å². The molecule has 0 saturated carbocycles. The van der Waals surface area contributed by atoms with Gasteiger partial charge in [-0.25, -0.2) is 4.79 Å². The SMILES string of the molecule is CNC(=O)N1CCC[C@@H](c2cccc(C(=O)NCc3cccs3)c2)C1. The summed E-state index contributed by atoms with van der Waals surface area (Å²) >= 11 is 1.63. The van der Waals surface area contributed by atoms with E-state index in [9.17, 15) is 9.59 Å². The number of hydrogen-bond acceptors (Lipinski definition) is 3. The van der Waals surface area contributed by atoms with E-state index in [0.717, 1.165) is 29.8 Å². The lowest BCUT2D eigenvalue weighted by molar-refractivity contribution is 0.0951. The first-order valence-electron chi connectivity index (χ1n) is 8.54. The van der Waals surface area contributed by atoms with Crippen molar-refractivity contribution in [2.24, 2.45) is 0 Å². The van der Waals surface area contributed by atoms with Crippen molar-refractivity contribution >= 4 is 23.3 Å². The summed E-state index contributed by atoms with van der Waals surface area (Å²) in [5.41, 5.74) is 1.79. The minimum atomic E-state index is -0.0609. The van der Waals surface area contributed by atoms with Gasteiger partial charge in [-0.15, -0.1) is 11.3 Å². The molecule has 1 fully saturated rings. The van der Waals surface area contributed by atoms with Gasteiger partial charge in [0.25, 0.3) is 5.91 Å². The maximum Gasteiger partial charge on any atom is 0.317 e. The van der Waals surface area contributed by atoms with Gasteiger partial charge in [-0.05, 0) is 42.0 Å². The summed E-state index contributed by atoms with van der Waals surface area (Å²) in [4.78, 5) is 27.3. The molecule has 0 unspecified atom stereocenters. The summed E-state index contributed by atoms with van der Waals surface area (Å²) in [6.07, 6.45) is 2.01. The number of rotatable bonds is 4. The van der Waals surface area contributed by atoms with Crippen LogP contribution < -0.4 is 10.6 Å². The van der Waals surface area contributed by atoms with Crippen LogP contribution in [0.15, 0.2) is 41.8 Å². The fourth-order valence-electron chi connectivity index (χ4n) is 3.21. The molecule has 0 aliphatic carbocycles. The minimum absolute atomic E-state index is 0.0328. The summed E-state index contributed by atoms with van der Waals surface area (Å²) in [6.45, 7) is 2.03. The molecule has 25 heavy (non-hydrogen) atoms. The zero-order valence-corrected chi connectivity index (χ0v) is 15.1. The van der Waals surface area contributed by atoms with E-state index >= 15 is 0 Å². The Hall–Kier alpha value is -2.34. The number of thiophene rings is 1. The van der Waals surface area contributed by atoms with Crippen LogP contribution in [-0.4, -0.2) is 37.0 Å². The van der Waals surface area contributed by atoms with E-state index in [0.29, 0.717) is 18.7 Å². The third kappa shape index (κ3) is 4.39. The van der Waals surface area contributed by atoms with E-state index in [1.165, 1.54) is 0 Å². The van der Waals surface area contributed by atoms with Gasteiger partial charge in [0, 0.05) is 36.5 Å². The van der Waals surface area contributed by atoms with Crippen LogP contribution >= 0.6 is 11.3 Å². The molecule has 5 nitrogen and oxygen atoms in total. The van der Waals surface area contributed by atoms with Crippen LogP contribution in [0.4, 0.5) is 4.79 Å². The summed E-state index contributed by atoms with van der Waals surface area (Å²) in [7, 11) is 1.66. The molecular formula is C19H23N3O2S. The van der Waals surface area contributed by atoms with Crippen LogP contribution in [0.3, 0.4) is 0 Å². The van der Waals surface area contributed by atoms with Crippen molar-refractivity contribution < 1.29 is 9.59 Å². The summed E-state index contributed by atoms with van der Waals surface area (Å²) in [5, 5.41) is 7.66. The molecule has 2 aromatic rings. The molecule has 132 valence electrons. The lowest BCUT2D eigenvalue weighted by atomic mass is 9.89. The minimum Gasteiger partial charge on any atom is -0.347 e. The van der Waals surface area contributed by atoms with Gasteiger partial charge in [-0.2, -0.15) is 0 Å². The second kappa shape index (κ2) is 8.16. The standard InChI is InChI=1S/C19H23N3O2S/c1-20-19(24)22-9-3-7-16(13-22)14-5-2-6-15(11-14)18(23)21-12-17-8-4-10-25-17/h2,4-6,8,10-11,16H,3,7,9,12-13H2,1H3,(H,20,24)(H,21,23)/t16-/m1/s1. The average molecular weight is 357 g/mol. The van der Waals surface area contributed by atoms with Crippen molar-refractivity contribution in [1.82, 2.24) is 15.5 Å². The highest BCUT2D eigenvalue weighted by Gasteiger charge is 2.24. The first-order chi connectivity index (χ1) is 12.2. The van der Waals surface area contributed by atoms with Gasteiger partial charge >= 0.3 is 6.03 Å². The molecule has 2 N–H and O–H groups in total. The summed E-state index contributed by atoms with van der Waals surface area (Å²) in [6, 6.07) is 11.7. The largest absolute Gasteiger partial charge is 0.347 e. The van der Waals surface area contributed by atoms with Gasteiger partial charge < -0.3 is 15.5 Å². The molecule has 3 amide bonds. The molecule has 6 heteroatoms. The molecule has 1 aliphatic rings. The third-order valence-corrected chi connectivity index (χ3v) is 5.42. The smallest absolute Gasteiger partial charge is 0.317 e. The monoisotopic (exact) mass is 357 g/mol. The van der Waals surface area contributed by atoms with Crippen LogP contribution in [-0.2, 0) is 6.54 Å². The Morgan fingerprint density at radius 2 is 2.16 bits per heavy atom. The van der Waals surface area contributed by atoms with Crippen LogP contribution in [0, 0.1) is 0 Å². The van der Waals surface area contributed by atoms with E-state index < -0.39 is 0 Å². The molecule has 1 aromatic carbocycles. The average Bonchev–Trinajstić information content (AvgIpc) is 3.19. The molecule has 2 heterocycles. The first kappa shape index (κ1) is 17.5. The fraction of sp³-hybridized carbons (Fsp3) is 0.368. The fourth-order valence-corrected chi connectivity index (χ4v) is 3.85. The van der Waals surface area contributed by atoms with Crippen molar-refractivity contribution in [3.63, 3.8) is 0 Å². The maximum atomic E-state index is 12.4. The van der Waals surface area contributed by atoms with Crippen molar-refractivity contribution in [2.45, 2.75) is 25.3 Å². The van der Waals surface area contributed by atoms with Crippen molar-refractivity contribution in [3.05, 3.63) is 57.8 Å². The van der Waals surface area contributed by atoms with Gasteiger partial charge in [0.05, 0.1) is 6.54 Å². The highest BCUT2D eigenvalue weighted by atomic mass is 32.1. The zero-order chi connectivity index (χ0) is 17.6. The van der Waals surface area contributed by atoms with E-state index in [-0.39, 0.29) is 17.9 Å². The molecule has 0 radical (unpaired) electrons. The van der Waals surface area contributed by atoms with Gasteiger partial charge in [0.1, 0.15) is 0 Å². The Balaban J connectivity index is 1.66. The van der Waals surface area contributed by atoms with Crippen molar-refractivity contribution in [3.8, 4) is 0 Å². The number of carbonyl (C=O) groups is 2. The highest BCUT2D eigenvalue weighted by molar-refractivity contribution is 7.09. The van der Waals surface area contributed by atoms with Crippen LogP contribution in [0.25, 0.3) is 0 Å². The number of hydrogen-bond donors (Lipinski definition) is 2. The van der Waals surface area contributed by atoms with Gasteiger partial charge in [0.2, 0.25) is 0 Å². The normalized spacial score (nSPS) is 17.2. The number of piperidine rings is 1. The second-order valence-corrected chi connectivity index (χ2v) is 7.26. The molecule has 3 rings (SSSR count). The Morgan fingerprint density at radius 1 is 1.28 bits per heavy atom. The Bertz CT molecular complexity index is 730. The summed E-state index contributed by atoms with van der Waals surface area (Å²) in [5.74, 6) is 0.213. The third-order valence-electron chi connectivity index (χ3n) is 4.55. The Kier molecular flexibility index (Phi) is 5.71. The number of nitrogens with one attached hydrogen (secondary N) is 2. The number of benzene rings is 1. The molecule has 1 atom stereocenters. The molecule has 0 spiro atoms. The van der Waals surface area contributed by atoms with Crippen LogP contribution in [0.5, 0.6) is 0 Å². The number of nitrogens with zero attached hydrogens (tertiary/aromatic N) is 1. The molecular weight excluding hydrogens is 334 g/mol. The second-order valence-electron chi connectivity index (χ2n) is 6.23. The quantitative estimate of drug-likeness (QED) is 0.883. The van der Waals surface area contributed by atoms with Gasteiger partial charge in [0.15, 0.2) is 0 Å². The molecule has 1 saturated heterocycles. The predicted octanol–water partition coefficient (Wildman–Crippen LogP) is 3.20. The first-order valence-corrected chi connectivity index (χ1v) is 9.42. The van der Waals surface area contributed by atoms with Crippen molar-refractivity contribution in [2.75, 3.05) is 20.1 Å². The van der Waals surface area contributed by atoms with Gasteiger partial charge in [-0.3, -0.25) is 4.79 Å². The van der Waals surface area contributed by atoms with Crippen molar-refractivity contribution in [1.29, 1.82) is 0 Å². The zero-order valence-electron chi connectivity index (χ0n) is 14.3. The molecule has 0 bridgehead atoms. The number of likely N-dealkylation sites (tertiary alicyclic amines) is 1. The molecule has 1 aromatic heterocycles. The molecule has 1 aliphatic heterocycles. The Morgan fingerprint density at radius 3 is 2.92 bits per heavy atom. The lowest BCUT2D eigenvalue weighted by Gasteiger charge is -2.32. The highest BCUT2D eigenvalue weighted by Crippen LogP contribution is 2.27. The Labute approximate surface area is 152 Å². The number of carbonyl (C=O) groups excluding carboxylic acids is 2. The van der Waals surface area contributed by atoms with E-state index in [4.69, 9.17) is 0 Å². The van der Waals surface area contributed by atoms with E-state index in [1.54, 1.807) is 18.4 Å².